The van der Waals surface area contributed by atoms with E-state index in [1.807, 2.05) is 19.9 Å². The number of carbonyl (C=O) groups excluding carboxylic acids is 1. The summed E-state index contributed by atoms with van der Waals surface area (Å²) in [6.45, 7) is 5.41. The Bertz CT molecular complexity index is 196. The molecule has 0 rings (SSSR count). The van der Waals surface area contributed by atoms with Crippen LogP contribution in [0.2, 0.25) is 0 Å². The van der Waals surface area contributed by atoms with Gasteiger partial charge in [0, 0.05) is 32.0 Å². The molecule has 0 spiro atoms. The fourth-order valence-electron chi connectivity index (χ4n) is 0.958. The highest BCUT2D eigenvalue weighted by Crippen LogP contribution is 1.85. The molecule has 0 heterocycles. The largest absolute Gasteiger partial charge is 0.356 e. The number of hydrogen-bond donors (Lipinski definition) is 2. The molecule has 0 aliphatic rings. The number of nitrogens with one attached hydrogen (secondary N) is 2. The Morgan fingerprint density at radius 3 is 2.71 bits per heavy atom. The summed E-state index contributed by atoms with van der Waals surface area (Å²) in [5.74, 6) is 0.0519. The second kappa shape index (κ2) is 8.52. The van der Waals surface area contributed by atoms with Crippen molar-refractivity contribution in [1.29, 1.82) is 5.26 Å². The van der Waals surface area contributed by atoms with Gasteiger partial charge in [0.25, 0.3) is 0 Å². The molecular weight excluding hydrogens is 178 g/mol. The van der Waals surface area contributed by atoms with Gasteiger partial charge in [-0.05, 0) is 6.42 Å². The summed E-state index contributed by atoms with van der Waals surface area (Å²) >= 11 is 0. The Balaban J connectivity index is 3.25. The van der Waals surface area contributed by atoms with Gasteiger partial charge in [0.2, 0.25) is 5.91 Å². The van der Waals surface area contributed by atoms with E-state index in [-0.39, 0.29) is 5.91 Å². The number of carbonyl (C=O) groups is 1. The van der Waals surface area contributed by atoms with Crippen molar-refractivity contribution in [2.45, 2.75) is 39.2 Å². The summed E-state index contributed by atoms with van der Waals surface area (Å²) in [7, 11) is 0. The third-order valence-corrected chi connectivity index (χ3v) is 1.69. The Morgan fingerprint density at radius 2 is 2.14 bits per heavy atom. The molecule has 14 heavy (non-hydrogen) atoms. The van der Waals surface area contributed by atoms with Crippen LogP contribution in [-0.2, 0) is 4.79 Å². The van der Waals surface area contributed by atoms with E-state index < -0.39 is 0 Å². The van der Waals surface area contributed by atoms with Crippen molar-refractivity contribution in [3.8, 4) is 6.07 Å². The zero-order chi connectivity index (χ0) is 10.8. The monoisotopic (exact) mass is 197 g/mol. The molecule has 0 aromatic rings. The smallest absolute Gasteiger partial charge is 0.221 e. The summed E-state index contributed by atoms with van der Waals surface area (Å²) in [5.41, 5.74) is 0. The van der Waals surface area contributed by atoms with E-state index in [0.717, 1.165) is 6.42 Å². The summed E-state index contributed by atoms with van der Waals surface area (Å²) < 4.78 is 0. The molecule has 1 amide bonds. The molecule has 0 aliphatic heterocycles. The quantitative estimate of drug-likeness (QED) is 0.593. The lowest BCUT2D eigenvalue weighted by Crippen LogP contribution is -2.30. The molecule has 0 unspecified atom stereocenters. The van der Waals surface area contributed by atoms with Gasteiger partial charge in [0.1, 0.15) is 0 Å². The molecule has 0 aliphatic carbocycles. The summed E-state index contributed by atoms with van der Waals surface area (Å²) in [6, 6.07) is 2.45. The Kier molecular flexibility index (Phi) is 7.86. The number of rotatable bonds is 7. The summed E-state index contributed by atoms with van der Waals surface area (Å²) in [4.78, 5) is 11.2. The third-order valence-electron chi connectivity index (χ3n) is 1.69. The van der Waals surface area contributed by atoms with E-state index in [1.165, 1.54) is 0 Å². The van der Waals surface area contributed by atoms with Crippen LogP contribution in [0.5, 0.6) is 0 Å². The van der Waals surface area contributed by atoms with Crippen molar-refractivity contribution in [1.82, 2.24) is 10.6 Å². The molecular formula is C10H19N3O. The van der Waals surface area contributed by atoms with Crippen LogP contribution >= 0.6 is 0 Å². The van der Waals surface area contributed by atoms with Gasteiger partial charge in [-0.25, -0.2) is 0 Å². The van der Waals surface area contributed by atoms with Gasteiger partial charge in [0.15, 0.2) is 0 Å². The minimum Gasteiger partial charge on any atom is -0.356 e. The first-order valence-corrected chi connectivity index (χ1v) is 5.04. The van der Waals surface area contributed by atoms with E-state index in [0.29, 0.717) is 32.0 Å². The zero-order valence-electron chi connectivity index (χ0n) is 8.97. The zero-order valence-corrected chi connectivity index (χ0v) is 8.97. The van der Waals surface area contributed by atoms with Gasteiger partial charge in [0.05, 0.1) is 6.07 Å². The number of hydrogen-bond acceptors (Lipinski definition) is 3. The van der Waals surface area contributed by atoms with Gasteiger partial charge in [-0.15, -0.1) is 0 Å². The first kappa shape index (κ1) is 12.9. The molecule has 0 bridgehead atoms. The normalized spacial score (nSPS) is 9.86. The Morgan fingerprint density at radius 1 is 1.43 bits per heavy atom. The molecule has 0 fully saturated rings. The second-order valence-electron chi connectivity index (χ2n) is 3.47. The molecule has 0 saturated heterocycles. The average Bonchev–Trinajstić information content (AvgIpc) is 2.12. The highest BCUT2D eigenvalue weighted by molar-refractivity contribution is 5.75. The van der Waals surface area contributed by atoms with Gasteiger partial charge >= 0.3 is 0 Å². The van der Waals surface area contributed by atoms with E-state index >= 15 is 0 Å². The minimum atomic E-state index is 0.0519. The number of unbranched alkanes of at least 4 members (excludes halogenated alkanes) is 1. The highest BCUT2D eigenvalue weighted by Gasteiger charge is 2.00. The SMILES string of the molecule is CC(C)NCCC(=O)NCCCC#N. The van der Waals surface area contributed by atoms with Crippen LogP contribution in [0.25, 0.3) is 0 Å². The van der Waals surface area contributed by atoms with E-state index in [9.17, 15) is 4.79 Å². The average molecular weight is 197 g/mol. The van der Waals surface area contributed by atoms with E-state index in [1.54, 1.807) is 0 Å². The van der Waals surface area contributed by atoms with Crippen LogP contribution in [0, 0.1) is 11.3 Å². The van der Waals surface area contributed by atoms with Crippen LogP contribution in [0.3, 0.4) is 0 Å². The van der Waals surface area contributed by atoms with Crippen LogP contribution in [0.4, 0.5) is 0 Å². The first-order valence-electron chi connectivity index (χ1n) is 5.04. The van der Waals surface area contributed by atoms with Crippen molar-refractivity contribution < 1.29 is 4.79 Å². The number of nitrogens with zero attached hydrogens (tertiary/aromatic N) is 1. The predicted octanol–water partition coefficient (Wildman–Crippen LogP) is 0.794. The van der Waals surface area contributed by atoms with E-state index in [4.69, 9.17) is 5.26 Å². The second-order valence-corrected chi connectivity index (χ2v) is 3.47. The Labute approximate surface area is 85.7 Å². The van der Waals surface area contributed by atoms with Crippen molar-refractivity contribution in [2.75, 3.05) is 13.1 Å². The predicted molar refractivity (Wildman–Crippen MR) is 55.6 cm³/mol. The third kappa shape index (κ3) is 9.01. The minimum absolute atomic E-state index is 0.0519. The molecule has 0 aromatic heterocycles. The fourth-order valence-corrected chi connectivity index (χ4v) is 0.958. The number of amides is 1. The maximum atomic E-state index is 11.2. The highest BCUT2D eigenvalue weighted by atomic mass is 16.1. The lowest BCUT2D eigenvalue weighted by atomic mass is 10.3. The van der Waals surface area contributed by atoms with Gasteiger partial charge in [-0.3, -0.25) is 4.79 Å². The van der Waals surface area contributed by atoms with Crippen molar-refractivity contribution in [2.24, 2.45) is 0 Å². The molecule has 80 valence electrons. The van der Waals surface area contributed by atoms with Crippen LogP contribution in [-0.4, -0.2) is 25.0 Å². The van der Waals surface area contributed by atoms with Gasteiger partial charge in [-0.1, -0.05) is 13.8 Å². The van der Waals surface area contributed by atoms with Crippen molar-refractivity contribution in [3.63, 3.8) is 0 Å². The lowest BCUT2D eigenvalue weighted by molar-refractivity contribution is -0.121. The van der Waals surface area contributed by atoms with E-state index in [2.05, 4.69) is 10.6 Å². The molecule has 2 N–H and O–H groups in total. The first-order chi connectivity index (χ1) is 6.66. The maximum Gasteiger partial charge on any atom is 0.221 e. The fraction of sp³-hybridized carbons (Fsp3) is 0.800. The molecule has 4 nitrogen and oxygen atoms in total. The molecule has 0 aromatic carbocycles. The summed E-state index contributed by atoms with van der Waals surface area (Å²) in [5, 5.41) is 14.2. The molecule has 4 heteroatoms. The summed E-state index contributed by atoms with van der Waals surface area (Å²) in [6.07, 6.45) is 1.75. The molecule has 0 radical (unpaired) electrons. The van der Waals surface area contributed by atoms with Crippen molar-refractivity contribution >= 4 is 5.91 Å². The van der Waals surface area contributed by atoms with Gasteiger partial charge < -0.3 is 10.6 Å². The van der Waals surface area contributed by atoms with Crippen LogP contribution < -0.4 is 10.6 Å². The Hall–Kier alpha value is -1.08. The van der Waals surface area contributed by atoms with Gasteiger partial charge in [-0.2, -0.15) is 5.26 Å². The number of nitriles is 1. The lowest BCUT2D eigenvalue weighted by Gasteiger charge is -2.07. The molecule has 0 saturated carbocycles. The molecule has 0 atom stereocenters. The maximum absolute atomic E-state index is 11.2. The standard InChI is InChI=1S/C10H19N3O/c1-9(2)12-8-5-10(14)13-7-4-3-6-11/h9,12H,3-5,7-8H2,1-2H3,(H,13,14). The van der Waals surface area contributed by atoms with Crippen LogP contribution in [0.1, 0.15) is 33.1 Å². The topological polar surface area (TPSA) is 64.9 Å². The van der Waals surface area contributed by atoms with Crippen molar-refractivity contribution in [3.05, 3.63) is 0 Å². The van der Waals surface area contributed by atoms with Crippen LogP contribution in [0.15, 0.2) is 0 Å².